The van der Waals surface area contributed by atoms with Crippen molar-refractivity contribution < 1.29 is 8.42 Å². The number of hydrogen-bond acceptors (Lipinski definition) is 5. The van der Waals surface area contributed by atoms with Crippen molar-refractivity contribution >= 4 is 21.5 Å². The molecule has 0 saturated heterocycles. The molecule has 0 aliphatic heterocycles. The molecule has 0 radical (unpaired) electrons. The van der Waals surface area contributed by atoms with Crippen LogP contribution in [0.2, 0.25) is 0 Å². The van der Waals surface area contributed by atoms with Gasteiger partial charge in [0.25, 0.3) is 0 Å². The van der Waals surface area contributed by atoms with Crippen molar-refractivity contribution in [3.8, 4) is 0 Å². The van der Waals surface area contributed by atoms with Crippen LogP contribution >= 0.6 is 0 Å². The number of aromatic nitrogens is 1. The number of anilines is 1. The highest BCUT2D eigenvalue weighted by atomic mass is 32.2. The summed E-state index contributed by atoms with van der Waals surface area (Å²) in [5.41, 5.74) is 9.84. The molecule has 0 unspecified atom stereocenters. The van der Waals surface area contributed by atoms with Crippen LogP contribution in [0, 0.1) is 0 Å². The molecule has 0 fully saturated rings. The average Bonchev–Trinajstić information content (AvgIpc) is 2.45. The molecule has 0 bridgehead atoms. The zero-order chi connectivity index (χ0) is 14.6. The average molecular weight is 291 g/mol. The number of benzene rings is 1. The Morgan fingerprint density at radius 3 is 2.25 bits per heavy atom. The van der Waals surface area contributed by atoms with Crippen molar-refractivity contribution in [2.45, 2.75) is 4.90 Å². The molecule has 104 valence electrons. The topological polar surface area (TPSA) is 123 Å². The van der Waals surface area contributed by atoms with Gasteiger partial charge in [-0.25, -0.2) is 13.6 Å². The molecular weight excluding hydrogens is 278 g/mol. The maximum absolute atomic E-state index is 11.1. The molecule has 2 rings (SSSR count). The number of primary sulfonamides is 1. The summed E-state index contributed by atoms with van der Waals surface area (Å²) in [6.45, 7) is 0. The van der Waals surface area contributed by atoms with Crippen molar-refractivity contribution in [3.05, 3.63) is 54.4 Å². The molecular formula is C12H13N5O2S. The summed E-state index contributed by atoms with van der Waals surface area (Å²) < 4.78 is 22.2. The maximum Gasteiger partial charge on any atom is 0.238 e. The van der Waals surface area contributed by atoms with Gasteiger partial charge in [0, 0.05) is 18.0 Å². The van der Waals surface area contributed by atoms with E-state index in [1.165, 1.54) is 12.1 Å². The number of rotatable bonds is 4. The van der Waals surface area contributed by atoms with Gasteiger partial charge in [-0.2, -0.15) is 5.10 Å². The minimum absolute atomic E-state index is 0.0362. The minimum atomic E-state index is -3.69. The quantitative estimate of drug-likeness (QED) is 0.429. The van der Waals surface area contributed by atoms with Crippen LogP contribution in [0.3, 0.4) is 0 Å². The highest BCUT2D eigenvalue weighted by Gasteiger charge is 2.06. The van der Waals surface area contributed by atoms with Gasteiger partial charge in [0.05, 0.1) is 10.6 Å². The lowest BCUT2D eigenvalue weighted by Crippen LogP contribution is -2.15. The van der Waals surface area contributed by atoms with Gasteiger partial charge in [-0.15, -0.1) is 0 Å². The smallest absolute Gasteiger partial charge is 0.238 e. The molecule has 0 aliphatic rings. The second-order valence-corrected chi connectivity index (χ2v) is 5.48. The third kappa shape index (κ3) is 3.53. The van der Waals surface area contributed by atoms with Crippen LogP contribution in [0.1, 0.15) is 5.56 Å². The Labute approximate surface area is 116 Å². The molecule has 1 aromatic carbocycles. The molecule has 0 atom stereocenters. The number of pyridine rings is 1. The highest BCUT2D eigenvalue weighted by molar-refractivity contribution is 7.89. The summed E-state index contributed by atoms with van der Waals surface area (Å²) in [5, 5.41) is 9.00. The van der Waals surface area contributed by atoms with Crippen LogP contribution in [0.4, 0.5) is 5.69 Å². The third-order valence-corrected chi connectivity index (χ3v) is 3.39. The molecule has 0 aliphatic carbocycles. The van der Waals surface area contributed by atoms with E-state index < -0.39 is 10.0 Å². The first kappa shape index (κ1) is 14.0. The van der Waals surface area contributed by atoms with Gasteiger partial charge >= 0.3 is 0 Å². The second-order valence-electron chi connectivity index (χ2n) is 3.91. The van der Waals surface area contributed by atoms with Gasteiger partial charge in [-0.1, -0.05) is 0 Å². The molecule has 5 N–H and O–H groups in total. The summed E-state index contributed by atoms with van der Waals surface area (Å²) in [5.74, 6) is 0.294. The van der Waals surface area contributed by atoms with E-state index in [9.17, 15) is 8.42 Å². The van der Waals surface area contributed by atoms with Crippen molar-refractivity contribution in [1.82, 2.24) is 4.98 Å². The van der Waals surface area contributed by atoms with Crippen molar-refractivity contribution in [2.24, 2.45) is 16.0 Å². The summed E-state index contributed by atoms with van der Waals surface area (Å²) in [7, 11) is -3.69. The van der Waals surface area contributed by atoms with E-state index in [-0.39, 0.29) is 4.90 Å². The molecule has 1 heterocycles. The number of hydrogen-bond donors (Lipinski definition) is 3. The van der Waals surface area contributed by atoms with E-state index in [1.807, 2.05) is 0 Å². The molecule has 0 saturated carbocycles. The minimum Gasteiger partial charge on any atom is -0.382 e. The van der Waals surface area contributed by atoms with Crippen molar-refractivity contribution in [2.75, 3.05) is 5.43 Å². The van der Waals surface area contributed by atoms with Gasteiger partial charge in [0.15, 0.2) is 5.84 Å². The van der Waals surface area contributed by atoms with Crippen molar-refractivity contribution in [1.29, 1.82) is 0 Å². The number of hydrazone groups is 1. The van der Waals surface area contributed by atoms with Gasteiger partial charge in [-0.3, -0.25) is 10.4 Å². The molecule has 7 nitrogen and oxygen atoms in total. The van der Waals surface area contributed by atoms with Crippen molar-refractivity contribution in [3.63, 3.8) is 0 Å². The zero-order valence-electron chi connectivity index (χ0n) is 10.4. The number of nitrogens with two attached hydrogens (primary N) is 2. The van der Waals surface area contributed by atoms with E-state index >= 15 is 0 Å². The predicted molar refractivity (Wildman–Crippen MR) is 76.4 cm³/mol. The number of nitrogens with one attached hydrogen (secondary N) is 1. The Balaban J connectivity index is 2.12. The lowest BCUT2D eigenvalue weighted by Gasteiger charge is -2.04. The number of nitrogens with zero attached hydrogens (tertiary/aromatic N) is 2. The summed E-state index contributed by atoms with van der Waals surface area (Å²) in [6, 6.07) is 9.31. The largest absolute Gasteiger partial charge is 0.382 e. The fourth-order valence-electron chi connectivity index (χ4n) is 1.43. The monoisotopic (exact) mass is 291 g/mol. The number of amidine groups is 1. The lowest BCUT2D eigenvalue weighted by atomic mass is 10.2. The fraction of sp³-hybridized carbons (Fsp3) is 0. The third-order valence-electron chi connectivity index (χ3n) is 2.46. The molecule has 2 aromatic rings. The van der Waals surface area contributed by atoms with Crippen LogP contribution in [-0.2, 0) is 10.0 Å². The van der Waals surface area contributed by atoms with E-state index in [0.717, 1.165) is 5.56 Å². The fourth-order valence-corrected chi connectivity index (χ4v) is 1.95. The summed E-state index contributed by atoms with van der Waals surface area (Å²) in [4.78, 5) is 3.92. The van der Waals surface area contributed by atoms with Gasteiger partial charge in [0.2, 0.25) is 10.0 Å². The van der Waals surface area contributed by atoms with Crippen LogP contribution < -0.4 is 16.3 Å². The lowest BCUT2D eigenvalue weighted by molar-refractivity contribution is 0.598. The Morgan fingerprint density at radius 2 is 1.70 bits per heavy atom. The first-order valence-corrected chi connectivity index (χ1v) is 7.14. The molecule has 0 amide bonds. The van der Waals surface area contributed by atoms with E-state index in [0.29, 0.717) is 11.5 Å². The standard InChI is InChI=1S/C12H13N5O2S/c13-12(9-5-7-15-8-6-9)17-16-10-1-3-11(4-2-10)20(14,18)19/h1-8,16H,(H2,13,17)(H2,14,18,19). The van der Waals surface area contributed by atoms with E-state index in [2.05, 4.69) is 15.5 Å². The van der Waals surface area contributed by atoms with E-state index in [1.54, 1.807) is 36.7 Å². The second kappa shape index (κ2) is 5.68. The van der Waals surface area contributed by atoms with Gasteiger partial charge in [0.1, 0.15) is 0 Å². The SMILES string of the molecule is N/C(=N\Nc1ccc(S(N)(=O)=O)cc1)c1ccncc1. The van der Waals surface area contributed by atoms with Gasteiger partial charge in [-0.05, 0) is 36.4 Å². The summed E-state index contributed by atoms with van der Waals surface area (Å²) >= 11 is 0. The van der Waals surface area contributed by atoms with Crippen LogP contribution in [0.15, 0.2) is 58.8 Å². The van der Waals surface area contributed by atoms with Crippen LogP contribution in [0.25, 0.3) is 0 Å². The maximum atomic E-state index is 11.1. The predicted octanol–water partition coefficient (Wildman–Crippen LogP) is 0.461. The van der Waals surface area contributed by atoms with E-state index in [4.69, 9.17) is 10.9 Å². The van der Waals surface area contributed by atoms with Crippen LogP contribution in [0.5, 0.6) is 0 Å². The zero-order valence-corrected chi connectivity index (χ0v) is 11.2. The Kier molecular flexibility index (Phi) is 3.97. The first-order chi connectivity index (χ1) is 9.47. The Bertz CT molecular complexity index is 711. The highest BCUT2D eigenvalue weighted by Crippen LogP contribution is 2.12. The normalized spacial score (nSPS) is 12.2. The molecule has 8 heteroatoms. The van der Waals surface area contributed by atoms with Gasteiger partial charge < -0.3 is 5.73 Å². The molecule has 1 aromatic heterocycles. The Hall–Kier alpha value is -2.45. The first-order valence-electron chi connectivity index (χ1n) is 5.59. The number of sulfonamides is 1. The Morgan fingerprint density at radius 1 is 1.10 bits per heavy atom. The molecule has 20 heavy (non-hydrogen) atoms. The molecule has 0 spiro atoms. The summed E-state index contributed by atoms with van der Waals surface area (Å²) in [6.07, 6.45) is 3.22. The van der Waals surface area contributed by atoms with Crippen LogP contribution in [-0.4, -0.2) is 19.2 Å².